The molecule has 0 saturated carbocycles. The molecule has 0 amide bonds. The number of ether oxygens (including phenoxy) is 1. The van der Waals surface area contributed by atoms with E-state index in [0.717, 1.165) is 12.1 Å². The third kappa shape index (κ3) is 4.00. The first-order valence-corrected chi connectivity index (χ1v) is 9.30. The number of benzene rings is 1. The highest BCUT2D eigenvalue weighted by atomic mass is 35.5. The maximum Gasteiger partial charge on any atom is 0.416 e. The fourth-order valence-corrected chi connectivity index (χ4v) is 3.53. The predicted molar refractivity (Wildman–Crippen MR) is 105 cm³/mol. The topological polar surface area (TPSA) is 57.0 Å². The van der Waals surface area contributed by atoms with E-state index in [9.17, 15) is 18.0 Å². The number of fused-ring (bicyclic) bond motifs is 1. The molecule has 0 N–H and O–H groups in total. The van der Waals surface area contributed by atoms with Gasteiger partial charge >= 0.3 is 6.18 Å². The Balaban J connectivity index is 2.29. The molecule has 154 valence electrons. The number of halogens is 4. The molecule has 0 bridgehead atoms. The molecular formula is C20H19ClF3N3O2. The van der Waals surface area contributed by atoms with E-state index in [1.807, 2.05) is 6.92 Å². The van der Waals surface area contributed by atoms with Gasteiger partial charge in [-0.1, -0.05) is 24.6 Å². The minimum absolute atomic E-state index is 0.0616. The Hall–Kier alpha value is -2.45. The van der Waals surface area contributed by atoms with Gasteiger partial charge in [-0.25, -0.2) is 9.97 Å². The molecule has 2 heterocycles. The summed E-state index contributed by atoms with van der Waals surface area (Å²) in [5.41, 5.74) is 0.728. The van der Waals surface area contributed by atoms with Crippen LogP contribution in [0.1, 0.15) is 30.6 Å². The second kappa shape index (κ2) is 8.12. The Bertz CT molecular complexity index is 1110. The Morgan fingerprint density at radius 3 is 2.55 bits per heavy atom. The van der Waals surface area contributed by atoms with Gasteiger partial charge in [0, 0.05) is 29.5 Å². The number of aromatic nitrogens is 3. The minimum atomic E-state index is -4.49. The maximum absolute atomic E-state index is 13.0. The predicted octanol–water partition coefficient (Wildman–Crippen LogP) is 5.04. The van der Waals surface area contributed by atoms with Crippen LogP contribution >= 0.6 is 11.6 Å². The van der Waals surface area contributed by atoms with E-state index in [1.165, 1.54) is 16.8 Å². The van der Waals surface area contributed by atoms with Gasteiger partial charge in [0.15, 0.2) is 5.65 Å². The molecule has 0 fully saturated rings. The number of hydrogen-bond acceptors (Lipinski definition) is 4. The van der Waals surface area contributed by atoms with E-state index in [-0.39, 0.29) is 22.3 Å². The van der Waals surface area contributed by atoms with E-state index < -0.39 is 11.7 Å². The SMILES string of the molecule is CC[C@H](COC)n1c(=O)c(C)nc2c(-c3ccc(C(F)(F)F)cc3Cl)ccnc21. The lowest BCUT2D eigenvalue weighted by molar-refractivity contribution is -0.137. The highest BCUT2D eigenvalue weighted by molar-refractivity contribution is 6.33. The summed E-state index contributed by atoms with van der Waals surface area (Å²) in [6, 6.07) is 4.51. The highest BCUT2D eigenvalue weighted by Crippen LogP contribution is 2.37. The number of alkyl halides is 3. The molecule has 9 heteroatoms. The largest absolute Gasteiger partial charge is 0.416 e. The zero-order chi connectivity index (χ0) is 21.3. The van der Waals surface area contributed by atoms with Crippen LogP contribution < -0.4 is 5.56 Å². The Morgan fingerprint density at radius 1 is 1.24 bits per heavy atom. The van der Waals surface area contributed by atoms with Crippen molar-refractivity contribution in [1.82, 2.24) is 14.5 Å². The van der Waals surface area contributed by atoms with Crippen molar-refractivity contribution in [3.63, 3.8) is 0 Å². The molecular weight excluding hydrogens is 407 g/mol. The van der Waals surface area contributed by atoms with Crippen molar-refractivity contribution in [2.45, 2.75) is 32.5 Å². The van der Waals surface area contributed by atoms with Gasteiger partial charge in [0.1, 0.15) is 11.2 Å². The van der Waals surface area contributed by atoms with Crippen molar-refractivity contribution in [1.29, 1.82) is 0 Å². The van der Waals surface area contributed by atoms with Crippen molar-refractivity contribution < 1.29 is 17.9 Å². The molecule has 0 radical (unpaired) electrons. The smallest absolute Gasteiger partial charge is 0.383 e. The molecule has 1 aromatic carbocycles. The molecule has 0 aliphatic heterocycles. The third-order valence-electron chi connectivity index (χ3n) is 4.72. The first-order chi connectivity index (χ1) is 13.7. The number of pyridine rings is 1. The fraction of sp³-hybridized carbons (Fsp3) is 0.350. The molecule has 0 aliphatic rings. The van der Waals surface area contributed by atoms with Gasteiger partial charge < -0.3 is 4.74 Å². The first kappa shape index (κ1) is 21.3. The lowest BCUT2D eigenvalue weighted by atomic mass is 10.0. The van der Waals surface area contributed by atoms with E-state index in [0.29, 0.717) is 35.3 Å². The van der Waals surface area contributed by atoms with Crippen LogP contribution in [-0.2, 0) is 10.9 Å². The van der Waals surface area contributed by atoms with E-state index >= 15 is 0 Å². The summed E-state index contributed by atoms with van der Waals surface area (Å²) in [6.45, 7) is 3.82. The Kier molecular flexibility index (Phi) is 5.95. The van der Waals surface area contributed by atoms with Gasteiger partial charge in [-0.2, -0.15) is 13.2 Å². The van der Waals surface area contributed by atoms with E-state index in [1.54, 1.807) is 20.1 Å². The highest BCUT2D eigenvalue weighted by Gasteiger charge is 2.31. The van der Waals surface area contributed by atoms with Crippen molar-refractivity contribution in [2.75, 3.05) is 13.7 Å². The van der Waals surface area contributed by atoms with Gasteiger partial charge in [-0.05, 0) is 31.5 Å². The molecule has 1 atom stereocenters. The number of rotatable bonds is 5. The lowest BCUT2D eigenvalue weighted by Crippen LogP contribution is -2.30. The molecule has 29 heavy (non-hydrogen) atoms. The third-order valence-corrected chi connectivity index (χ3v) is 5.04. The van der Waals surface area contributed by atoms with Gasteiger partial charge in [-0.15, -0.1) is 0 Å². The van der Waals surface area contributed by atoms with Crippen LogP contribution in [0.2, 0.25) is 5.02 Å². The summed E-state index contributed by atoms with van der Waals surface area (Å²) in [5, 5.41) is -0.0616. The van der Waals surface area contributed by atoms with Crippen molar-refractivity contribution in [3.05, 3.63) is 57.1 Å². The molecule has 3 rings (SSSR count). The van der Waals surface area contributed by atoms with Crippen molar-refractivity contribution in [3.8, 4) is 11.1 Å². The molecule has 3 aromatic rings. The van der Waals surface area contributed by atoms with Crippen molar-refractivity contribution in [2.24, 2.45) is 0 Å². The zero-order valence-electron chi connectivity index (χ0n) is 16.0. The second-order valence-electron chi connectivity index (χ2n) is 6.61. The summed E-state index contributed by atoms with van der Waals surface area (Å²) in [4.78, 5) is 21.5. The van der Waals surface area contributed by atoms with Gasteiger partial charge in [0.05, 0.1) is 18.2 Å². The summed E-state index contributed by atoms with van der Waals surface area (Å²) >= 11 is 6.18. The molecule has 2 aromatic heterocycles. The van der Waals surface area contributed by atoms with E-state index in [2.05, 4.69) is 9.97 Å². The van der Waals surface area contributed by atoms with Crippen LogP contribution in [-0.4, -0.2) is 28.3 Å². The quantitative estimate of drug-likeness (QED) is 0.575. The number of hydrogen-bond donors (Lipinski definition) is 0. The summed E-state index contributed by atoms with van der Waals surface area (Å²) in [5.74, 6) is 0. The second-order valence-corrected chi connectivity index (χ2v) is 7.02. The van der Waals surface area contributed by atoms with Gasteiger partial charge in [0.25, 0.3) is 5.56 Å². The average molecular weight is 426 g/mol. The Labute approximate surface area is 170 Å². The minimum Gasteiger partial charge on any atom is -0.383 e. The lowest BCUT2D eigenvalue weighted by Gasteiger charge is -2.20. The molecule has 0 unspecified atom stereocenters. The van der Waals surface area contributed by atoms with Crippen molar-refractivity contribution >= 4 is 22.8 Å². The number of methoxy groups -OCH3 is 1. The molecule has 0 saturated heterocycles. The normalized spacial score (nSPS) is 13.1. The van der Waals surface area contributed by atoms with E-state index in [4.69, 9.17) is 16.3 Å². The number of nitrogens with zero attached hydrogens (tertiary/aromatic N) is 3. The first-order valence-electron chi connectivity index (χ1n) is 8.93. The summed E-state index contributed by atoms with van der Waals surface area (Å²) in [6.07, 6.45) is -2.39. The van der Waals surface area contributed by atoms with Crippen LogP contribution in [0.5, 0.6) is 0 Å². The number of aryl methyl sites for hydroxylation is 1. The summed E-state index contributed by atoms with van der Waals surface area (Å²) in [7, 11) is 1.55. The fourth-order valence-electron chi connectivity index (χ4n) is 3.25. The molecule has 0 spiro atoms. The van der Waals surface area contributed by atoms with Crippen LogP contribution in [0.4, 0.5) is 13.2 Å². The van der Waals surface area contributed by atoms with Crippen LogP contribution in [0.15, 0.2) is 35.3 Å². The maximum atomic E-state index is 13.0. The molecule has 5 nitrogen and oxygen atoms in total. The van der Waals surface area contributed by atoms with Gasteiger partial charge in [-0.3, -0.25) is 9.36 Å². The summed E-state index contributed by atoms with van der Waals surface area (Å²) < 4.78 is 45.7. The zero-order valence-corrected chi connectivity index (χ0v) is 16.8. The van der Waals surface area contributed by atoms with Crippen LogP contribution in [0.3, 0.4) is 0 Å². The Morgan fingerprint density at radius 2 is 1.97 bits per heavy atom. The average Bonchev–Trinajstić information content (AvgIpc) is 2.67. The standard InChI is InChI=1S/C20H19ClF3N3O2/c1-4-13(10-29-3)27-18-17(26-11(2)19(27)28)15(7-8-25-18)14-6-5-12(9-16(14)21)20(22,23)24/h5-9,13H,4,10H2,1-3H3/t13-/m1/s1. The monoisotopic (exact) mass is 425 g/mol. The van der Waals surface area contributed by atoms with Gasteiger partial charge in [0.2, 0.25) is 0 Å². The molecule has 0 aliphatic carbocycles. The van der Waals surface area contributed by atoms with Crippen LogP contribution in [0.25, 0.3) is 22.3 Å². The van der Waals surface area contributed by atoms with Crippen LogP contribution in [0, 0.1) is 6.92 Å².